The van der Waals surface area contributed by atoms with Gasteiger partial charge >= 0.3 is 114 Å². The third kappa shape index (κ3) is 25.6. The van der Waals surface area contributed by atoms with Crippen molar-refractivity contribution in [3.63, 3.8) is 0 Å². The Bertz CT molecular complexity index is 801. The molecule has 0 atom stereocenters. The fourth-order valence-corrected chi connectivity index (χ4v) is 2.60. The van der Waals surface area contributed by atoms with E-state index in [2.05, 4.69) is 45.4 Å². The summed E-state index contributed by atoms with van der Waals surface area (Å²) in [5, 5.41) is 0. The Morgan fingerprint density at radius 1 is 0.679 bits per heavy atom. The molecule has 9 nitrogen and oxygen atoms in total. The zero-order valence-corrected chi connectivity index (χ0v) is 24.4. The van der Waals surface area contributed by atoms with Crippen LogP contribution in [0.2, 0.25) is 0 Å². The van der Waals surface area contributed by atoms with Crippen LogP contribution in [0, 0.1) is 13.8 Å². The second-order valence-corrected chi connectivity index (χ2v) is 7.60. The van der Waals surface area contributed by atoms with Gasteiger partial charge in [0.2, 0.25) is 20.8 Å². The molecule has 0 spiro atoms. The van der Waals surface area contributed by atoms with Gasteiger partial charge in [0, 0.05) is 0 Å². The van der Waals surface area contributed by atoms with Gasteiger partial charge in [0.25, 0.3) is 0 Å². The summed E-state index contributed by atoms with van der Waals surface area (Å²) in [5.74, 6) is 0. The number of hydrogen-bond donors (Lipinski definition) is 0. The van der Waals surface area contributed by atoms with E-state index in [1.807, 2.05) is 36.4 Å². The molecule has 2 rings (SSSR count). The van der Waals surface area contributed by atoms with Gasteiger partial charge < -0.3 is 9.11 Å². The maximum absolute atomic E-state index is 9.98. The van der Waals surface area contributed by atoms with Crippen LogP contribution in [0.4, 0.5) is 0 Å². The minimum Gasteiger partial charge on any atom is -0.725 e. The first-order chi connectivity index (χ1) is 11.9. The summed E-state index contributed by atoms with van der Waals surface area (Å²) in [5.41, 5.74) is 2.64. The van der Waals surface area contributed by atoms with Crippen molar-refractivity contribution in [2.45, 2.75) is 13.8 Å². The molecule has 0 heterocycles. The molecule has 0 aliphatic rings. The Kier molecular flexibility index (Phi) is 22.2. The molecule has 0 amide bonds. The van der Waals surface area contributed by atoms with E-state index in [1.165, 1.54) is 11.1 Å². The van der Waals surface area contributed by atoms with E-state index >= 15 is 0 Å². The average molecular weight is 503 g/mol. The summed E-state index contributed by atoms with van der Waals surface area (Å²) in [6.45, 7) is 4.17. The molecule has 0 N–H and O–H groups in total. The molecule has 146 valence electrons. The van der Waals surface area contributed by atoms with Gasteiger partial charge in [-0.2, -0.15) is 11.5 Å². The second-order valence-electron chi connectivity index (χ2n) is 4.47. The van der Waals surface area contributed by atoms with Crippen LogP contribution in [0.1, 0.15) is 11.1 Å². The summed E-state index contributed by atoms with van der Waals surface area (Å²) in [6, 6.07) is 20.5. The maximum atomic E-state index is 9.98. The fourth-order valence-electron chi connectivity index (χ4n) is 1.22. The monoisotopic (exact) mass is 502 g/mol. The van der Waals surface area contributed by atoms with Crippen LogP contribution in [0.3, 0.4) is 0 Å². The van der Waals surface area contributed by atoms with Crippen LogP contribution in [0.15, 0.2) is 60.7 Å². The number of rotatable bonds is 4. The van der Waals surface area contributed by atoms with Gasteiger partial charge in [-0.3, -0.25) is 0 Å². The molecule has 0 saturated carbocycles. The first-order valence-electron chi connectivity index (χ1n) is 6.65. The molecular formula is C14H16K2O9S3. The second kappa shape index (κ2) is 18.2. The summed E-state index contributed by atoms with van der Waals surface area (Å²) < 4.78 is 73.3. The zero-order chi connectivity index (χ0) is 20.2. The van der Waals surface area contributed by atoms with E-state index in [1.54, 1.807) is 0 Å². The fraction of sp³-hybridized carbons (Fsp3) is 0.143. The van der Waals surface area contributed by atoms with Gasteiger partial charge in [0.15, 0.2) is 0 Å². The standard InChI is InChI=1S/2C7H8.2K.H2O9S3/c2*1-7-5-3-2-4-6-7;;;1-10(8-11(2,3)4)9-12(5,6)7/h2*2-6H,1H3;;;(H,2,3,4)(H,5,6,7)/q;;2*+1;/p-2. The van der Waals surface area contributed by atoms with Crippen LogP contribution < -0.4 is 103 Å². The summed E-state index contributed by atoms with van der Waals surface area (Å²) in [6.07, 6.45) is 0. The molecule has 0 aliphatic carbocycles. The smallest absolute Gasteiger partial charge is 0.725 e. The summed E-state index contributed by atoms with van der Waals surface area (Å²) >= 11 is -3.46. The molecule has 0 aromatic heterocycles. The quantitative estimate of drug-likeness (QED) is 0.229. The number of aryl methyl sites for hydroxylation is 2. The molecule has 2 aromatic carbocycles. The van der Waals surface area contributed by atoms with Crippen molar-refractivity contribution in [3.8, 4) is 0 Å². The van der Waals surface area contributed by atoms with Gasteiger partial charge in [-0.15, -0.1) is 0 Å². The minimum absolute atomic E-state index is 0. The number of hydrogen-bond acceptors (Lipinski definition) is 9. The molecule has 28 heavy (non-hydrogen) atoms. The number of benzene rings is 2. The molecule has 0 bridgehead atoms. The molecule has 0 radical (unpaired) electrons. The maximum Gasteiger partial charge on any atom is 1.00 e. The molecular weight excluding hydrogens is 487 g/mol. The van der Waals surface area contributed by atoms with E-state index in [-0.39, 0.29) is 103 Å². The first kappa shape index (κ1) is 34.2. The largest absolute Gasteiger partial charge is 1.00 e. The van der Waals surface area contributed by atoms with Gasteiger partial charge in [-0.25, -0.2) is 16.8 Å². The van der Waals surface area contributed by atoms with Crippen molar-refractivity contribution in [2.24, 2.45) is 0 Å². The molecule has 0 fully saturated rings. The van der Waals surface area contributed by atoms with Crippen molar-refractivity contribution < 1.29 is 140 Å². The average Bonchev–Trinajstić information content (AvgIpc) is 2.46. The van der Waals surface area contributed by atoms with E-state index in [9.17, 15) is 30.1 Å². The normalized spacial score (nSPS) is 10.2. The van der Waals surface area contributed by atoms with Crippen LogP contribution in [-0.4, -0.2) is 30.1 Å². The Hall–Kier alpha value is 1.60. The SMILES string of the molecule is Cc1ccccc1.Cc1ccccc1.O=S(OS(=O)(=O)[O-])OS(=O)(=O)[O-].[K+].[K+]. The Morgan fingerprint density at radius 2 is 0.929 bits per heavy atom. The van der Waals surface area contributed by atoms with Crippen LogP contribution in [-0.2, 0) is 39.4 Å². The predicted octanol–water partition coefficient (Wildman–Crippen LogP) is -4.48. The van der Waals surface area contributed by atoms with Crippen LogP contribution >= 0.6 is 0 Å². The van der Waals surface area contributed by atoms with E-state index in [0.717, 1.165) is 0 Å². The third-order valence-corrected chi connectivity index (χ3v) is 4.38. The molecule has 14 heteroatoms. The third-order valence-electron chi connectivity index (χ3n) is 2.16. The van der Waals surface area contributed by atoms with Crippen molar-refractivity contribution in [2.75, 3.05) is 0 Å². The zero-order valence-electron chi connectivity index (χ0n) is 15.7. The summed E-state index contributed by atoms with van der Waals surface area (Å²) in [7, 11) is -10.7. The van der Waals surface area contributed by atoms with Gasteiger partial charge in [-0.1, -0.05) is 71.8 Å². The molecule has 0 unspecified atom stereocenters. The van der Waals surface area contributed by atoms with Gasteiger partial charge in [0.05, 0.1) is 0 Å². The van der Waals surface area contributed by atoms with Gasteiger partial charge in [-0.05, 0) is 13.8 Å². The van der Waals surface area contributed by atoms with Crippen LogP contribution in [0.5, 0.6) is 0 Å². The Labute approximate surface area is 253 Å². The predicted molar refractivity (Wildman–Crippen MR) is 92.1 cm³/mol. The minimum atomic E-state index is -5.37. The molecule has 0 aliphatic heterocycles. The van der Waals surface area contributed by atoms with Gasteiger partial charge in [0.1, 0.15) is 0 Å². The van der Waals surface area contributed by atoms with Crippen LogP contribution in [0.25, 0.3) is 0 Å². The molecule has 0 saturated heterocycles. The Balaban J connectivity index is -0.000000339. The van der Waals surface area contributed by atoms with Crippen molar-refractivity contribution in [3.05, 3.63) is 71.8 Å². The van der Waals surface area contributed by atoms with Crippen molar-refractivity contribution in [1.82, 2.24) is 0 Å². The summed E-state index contributed by atoms with van der Waals surface area (Å²) in [4.78, 5) is 0. The topological polar surface area (TPSA) is 150 Å². The molecule has 2 aromatic rings. The van der Waals surface area contributed by atoms with Crippen molar-refractivity contribution >= 4 is 32.2 Å². The first-order valence-corrected chi connectivity index (χ1v) is 10.3. The van der Waals surface area contributed by atoms with E-state index in [0.29, 0.717) is 0 Å². The van der Waals surface area contributed by atoms with E-state index < -0.39 is 32.2 Å². The Morgan fingerprint density at radius 3 is 1.07 bits per heavy atom. The van der Waals surface area contributed by atoms with Crippen molar-refractivity contribution in [1.29, 1.82) is 0 Å². The van der Waals surface area contributed by atoms with E-state index in [4.69, 9.17) is 0 Å².